The molecule has 0 atom stereocenters. The first-order chi connectivity index (χ1) is 25.3. The third-order valence-corrected chi connectivity index (χ3v) is 8.93. The van der Waals surface area contributed by atoms with Gasteiger partial charge in [-0.25, -0.2) is 14.4 Å². The van der Waals surface area contributed by atoms with Crippen molar-refractivity contribution in [3.63, 3.8) is 0 Å². The van der Waals surface area contributed by atoms with Gasteiger partial charge >= 0.3 is 17.9 Å². The fourth-order valence-corrected chi connectivity index (χ4v) is 5.85. The molecular formula is C43H32O7S2. The van der Waals surface area contributed by atoms with E-state index in [0.717, 1.165) is 67.0 Å². The number of carbonyl (C=O) groups excluding carboxylic acids is 3. The molecule has 0 spiro atoms. The van der Waals surface area contributed by atoms with E-state index < -0.39 is 17.9 Å². The maximum absolute atomic E-state index is 12.7. The number of methoxy groups -OCH3 is 1. The highest BCUT2D eigenvalue weighted by Gasteiger charge is 2.14. The third kappa shape index (κ3) is 10.9. The second-order valence-corrected chi connectivity index (χ2v) is 12.8. The number of carbonyl (C=O) groups is 3. The highest BCUT2D eigenvalue weighted by molar-refractivity contribution is 7.99. The molecule has 0 heterocycles. The fourth-order valence-electron chi connectivity index (χ4n) is 4.63. The van der Waals surface area contributed by atoms with E-state index in [-0.39, 0.29) is 12.2 Å². The van der Waals surface area contributed by atoms with E-state index in [2.05, 4.69) is 36.8 Å². The molecule has 9 heteroatoms. The molecule has 0 radical (unpaired) electrons. The summed E-state index contributed by atoms with van der Waals surface area (Å²) in [6.45, 7) is 7.31. The molecular weight excluding hydrogens is 693 g/mol. The van der Waals surface area contributed by atoms with Crippen LogP contribution in [0.2, 0.25) is 0 Å². The van der Waals surface area contributed by atoms with E-state index in [1.165, 1.54) is 7.11 Å². The first kappa shape index (κ1) is 37.1. The van der Waals surface area contributed by atoms with Gasteiger partial charge < -0.3 is 18.4 Å². The van der Waals surface area contributed by atoms with Gasteiger partial charge in [-0.3, -0.25) is 0 Å². The average molecular weight is 725 g/mol. The zero-order valence-corrected chi connectivity index (χ0v) is 29.8. The lowest BCUT2D eigenvalue weighted by Gasteiger charge is -2.11. The quantitative estimate of drug-likeness (QED) is 0.0314. The largest absolute Gasteiger partial charge is 0.488 e. The Hall–Kier alpha value is -6.13. The predicted octanol–water partition coefficient (Wildman–Crippen LogP) is 8.56. The Kier molecular flexibility index (Phi) is 13.4. The van der Waals surface area contributed by atoms with Gasteiger partial charge in [0, 0.05) is 49.9 Å². The number of hydrogen-bond acceptors (Lipinski definition) is 9. The van der Waals surface area contributed by atoms with Crippen molar-refractivity contribution >= 4 is 52.5 Å². The van der Waals surface area contributed by atoms with Gasteiger partial charge in [0.2, 0.25) is 0 Å². The van der Waals surface area contributed by atoms with Crippen LogP contribution in [0.15, 0.2) is 138 Å². The zero-order chi connectivity index (χ0) is 36.7. The Morgan fingerprint density at radius 1 is 0.673 bits per heavy atom. The monoisotopic (exact) mass is 724 g/mol. The molecule has 0 aliphatic carbocycles. The van der Waals surface area contributed by atoms with E-state index in [1.54, 1.807) is 30.0 Å². The Bertz CT molecular complexity index is 2240. The molecule has 0 amide bonds. The molecule has 0 saturated carbocycles. The normalized spacial score (nSPS) is 10.1. The summed E-state index contributed by atoms with van der Waals surface area (Å²) in [5, 5.41) is 2.06. The number of fused-ring (bicyclic) bond motifs is 1. The molecule has 0 saturated heterocycles. The van der Waals surface area contributed by atoms with Gasteiger partial charge in [-0.1, -0.05) is 55.0 Å². The molecule has 5 rings (SSSR count). The number of ether oxygens (including phenoxy) is 3. The molecule has 0 fully saturated rings. The van der Waals surface area contributed by atoms with Crippen LogP contribution in [0.5, 0.6) is 5.75 Å². The molecule has 0 unspecified atom stereocenters. The average Bonchev–Trinajstić information content (AvgIpc) is 3.19. The van der Waals surface area contributed by atoms with Crippen molar-refractivity contribution in [2.75, 3.05) is 19.5 Å². The van der Waals surface area contributed by atoms with Crippen molar-refractivity contribution in [1.29, 1.82) is 0 Å². The first-order valence-electron chi connectivity index (χ1n) is 15.9. The van der Waals surface area contributed by atoms with Gasteiger partial charge in [0.25, 0.3) is 0 Å². The lowest BCUT2D eigenvalue weighted by atomic mass is 10.0. The summed E-state index contributed by atoms with van der Waals surface area (Å²) >= 11 is 2.55. The van der Waals surface area contributed by atoms with Crippen LogP contribution >= 0.6 is 23.8 Å². The number of benzene rings is 5. The molecule has 0 aliphatic heterocycles. The van der Waals surface area contributed by atoms with Crippen molar-refractivity contribution in [2.24, 2.45) is 0 Å². The minimum Gasteiger partial charge on any atom is -0.488 e. The van der Waals surface area contributed by atoms with Gasteiger partial charge in [0.15, 0.2) is 0 Å². The predicted molar refractivity (Wildman–Crippen MR) is 205 cm³/mol. The standard InChI is InChI=1S/C43H32O7S2/c1-4-41(44)48-24-25-51-37-19-12-30(13-20-37)7-9-33-16-23-40(39(28-33)43(46)47-3)49-29-34-11-18-35-26-32(10-17-36(35)27-34)8-6-31-14-21-38(22-15-31)52-50-42(45)5-2/h4-5,10-23,26-28H,1-2,24-25,29H2,3H3. The Morgan fingerprint density at radius 3 is 1.92 bits per heavy atom. The third-order valence-electron chi connectivity index (χ3n) is 7.24. The number of rotatable bonds is 12. The summed E-state index contributed by atoms with van der Waals surface area (Å²) < 4.78 is 21.1. The van der Waals surface area contributed by atoms with Gasteiger partial charge in [-0.2, -0.15) is 0 Å². The molecule has 0 N–H and O–H groups in total. The maximum atomic E-state index is 12.7. The summed E-state index contributed by atoms with van der Waals surface area (Å²) in [5.41, 5.74) is 4.38. The van der Waals surface area contributed by atoms with Gasteiger partial charge in [-0.05, 0) is 101 Å². The number of thioether (sulfide) groups is 1. The van der Waals surface area contributed by atoms with E-state index in [1.807, 2.05) is 84.9 Å². The Labute approximate surface area is 311 Å². The van der Waals surface area contributed by atoms with Gasteiger partial charge in [-0.15, -0.1) is 11.8 Å². The van der Waals surface area contributed by atoms with E-state index in [0.29, 0.717) is 23.7 Å². The molecule has 258 valence electrons. The van der Waals surface area contributed by atoms with Gasteiger partial charge in [0.05, 0.1) is 19.2 Å². The van der Waals surface area contributed by atoms with E-state index >= 15 is 0 Å². The molecule has 0 bridgehead atoms. The lowest BCUT2D eigenvalue weighted by molar-refractivity contribution is -0.137. The minimum atomic E-state index is -0.519. The van der Waals surface area contributed by atoms with E-state index in [9.17, 15) is 14.4 Å². The summed E-state index contributed by atoms with van der Waals surface area (Å²) in [7, 11) is 1.33. The second-order valence-electron chi connectivity index (χ2n) is 10.8. The van der Waals surface area contributed by atoms with Crippen molar-refractivity contribution < 1.29 is 32.8 Å². The maximum Gasteiger partial charge on any atom is 0.342 e. The fraction of sp³-hybridized carbons (Fsp3) is 0.0930. The highest BCUT2D eigenvalue weighted by atomic mass is 32.2. The molecule has 0 aromatic heterocycles. The number of esters is 2. The van der Waals surface area contributed by atoms with Crippen LogP contribution in [0.25, 0.3) is 10.8 Å². The highest BCUT2D eigenvalue weighted by Crippen LogP contribution is 2.25. The van der Waals surface area contributed by atoms with Gasteiger partial charge in [0.1, 0.15) is 24.5 Å². The molecule has 0 aliphatic rings. The Morgan fingerprint density at radius 2 is 1.25 bits per heavy atom. The summed E-state index contributed by atoms with van der Waals surface area (Å²) in [5.74, 6) is 12.2. The molecule has 5 aromatic rings. The summed E-state index contributed by atoms with van der Waals surface area (Å²) in [6, 6.07) is 32.4. The van der Waals surface area contributed by atoms with Crippen molar-refractivity contribution in [2.45, 2.75) is 16.4 Å². The molecule has 5 aromatic carbocycles. The van der Waals surface area contributed by atoms with Crippen LogP contribution in [0.1, 0.15) is 38.2 Å². The van der Waals surface area contributed by atoms with Crippen molar-refractivity contribution in [1.82, 2.24) is 0 Å². The van der Waals surface area contributed by atoms with Crippen LogP contribution in [0.4, 0.5) is 0 Å². The van der Waals surface area contributed by atoms with Crippen LogP contribution in [0.3, 0.4) is 0 Å². The van der Waals surface area contributed by atoms with E-state index in [4.69, 9.17) is 18.4 Å². The van der Waals surface area contributed by atoms with Crippen LogP contribution in [-0.2, 0) is 29.9 Å². The minimum absolute atomic E-state index is 0.245. The second kappa shape index (κ2) is 18.7. The zero-order valence-electron chi connectivity index (χ0n) is 28.2. The van der Waals surface area contributed by atoms with Crippen LogP contribution in [0, 0.1) is 23.7 Å². The Balaban J connectivity index is 1.20. The van der Waals surface area contributed by atoms with Crippen molar-refractivity contribution in [3.05, 3.63) is 162 Å². The molecule has 7 nitrogen and oxygen atoms in total. The van der Waals surface area contributed by atoms with Crippen molar-refractivity contribution in [3.8, 4) is 29.4 Å². The topological polar surface area (TPSA) is 88.1 Å². The van der Waals surface area contributed by atoms with Crippen LogP contribution < -0.4 is 4.74 Å². The number of hydrogen-bond donors (Lipinski definition) is 0. The molecule has 52 heavy (non-hydrogen) atoms. The SMILES string of the molecule is C=CC(=O)OCCSc1ccc(C#Cc2ccc(OCc3ccc4cc(C#Cc5ccc(SOC(=O)C=C)cc5)ccc4c3)c(C(=O)OC)c2)cc1. The summed E-state index contributed by atoms with van der Waals surface area (Å²) in [6.07, 6.45) is 2.26. The first-order valence-corrected chi connectivity index (χ1v) is 17.6. The smallest absolute Gasteiger partial charge is 0.342 e. The lowest BCUT2D eigenvalue weighted by Crippen LogP contribution is -2.06. The van der Waals surface area contributed by atoms with Crippen LogP contribution in [-0.4, -0.2) is 37.4 Å². The summed E-state index contributed by atoms with van der Waals surface area (Å²) in [4.78, 5) is 36.9.